The van der Waals surface area contributed by atoms with Crippen LogP contribution in [0.3, 0.4) is 0 Å². The maximum absolute atomic E-state index is 11.0. The first-order valence-electron chi connectivity index (χ1n) is 6.58. The first kappa shape index (κ1) is 11.9. The maximum atomic E-state index is 11.0. The zero-order chi connectivity index (χ0) is 12.8. The topological polar surface area (TPSA) is 45.6 Å². The molecular weight excluding hydrogens is 228 g/mol. The number of pyridine rings is 1. The lowest BCUT2D eigenvalue weighted by Gasteiger charge is -2.42. The van der Waals surface area contributed by atoms with Crippen molar-refractivity contribution in [2.75, 3.05) is 14.2 Å². The van der Waals surface area contributed by atoms with E-state index in [0.717, 1.165) is 12.8 Å². The minimum absolute atomic E-state index is 0.473. The monoisotopic (exact) mass is 248 g/mol. The summed E-state index contributed by atoms with van der Waals surface area (Å²) in [7, 11) is 3.80. The number of aliphatic hydroxyl groups is 1. The van der Waals surface area contributed by atoms with Crippen LogP contribution in [0, 0.1) is 0 Å². The van der Waals surface area contributed by atoms with Gasteiger partial charge in [-0.1, -0.05) is 0 Å². The molecule has 0 aliphatic carbocycles. The number of fused-ring (bicyclic) bond motifs is 2. The SMILES string of the molecule is COc1cccnc1C1(O)CC2CCC(C1)N2C. The van der Waals surface area contributed by atoms with E-state index in [0.29, 0.717) is 23.5 Å². The van der Waals surface area contributed by atoms with E-state index in [2.05, 4.69) is 16.9 Å². The van der Waals surface area contributed by atoms with E-state index < -0.39 is 5.60 Å². The molecule has 3 heterocycles. The summed E-state index contributed by atoms with van der Waals surface area (Å²) in [5, 5.41) is 11.0. The fraction of sp³-hybridized carbons (Fsp3) is 0.643. The van der Waals surface area contributed by atoms with E-state index in [1.54, 1.807) is 13.3 Å². The zero-order valence-corrected chi connectivity index (χ0v) is 11.0. The molecule has 4 heteroatoms. The number of ether oxygens (including phenoxy) is 1. The summed E-state index contributed by atoms with van der Waals surface area (Å²) in [4.78, 5) is 6.78. The molecular formula is C14H20N2O2. The van der Waals surface area contributed by atoms with Crippen LogP contribution < -0.4 is 4.74 Å². The van der Waals surface area contributed by atoms with E-state index in [1.165, 1.54) is 12.8 Å². The molecule has 2 fully saturated rings. The van der Waals surface area contributed by atoms with Crippen molar-refractivity contribution in [1.82, 2.24) is 9.88 Å². The molecule has 0 spiro atoms. The predicted octanol–water partition coefficient (Wildman–Crippen LogP) is 1.53. The second kappa shape index (κ2) is 4.21. The highest BCUT2D eigenvalue weighted by molar-refractivity contribution is 5.33. The summed E-state index contributed by atoms with van der Waals surface area (Å²) in [5.41, 5.74) is -0.122. The van der Waals surface area contributed by atoms with E-state index >= 15 is 0 Å². The third-order valence-electron chi connectivity index (χ3n) is 4.56. The van der Waals surface area contributed by atoms with Crippen molar-refractivity contribution in [2.45, 2.75) is 43.4 Å². The van der Waals surface area contributed by atoms with Crippen LogP contribution in [0.2, 0.25) is 0 Å². The average Bonchev–Trinajstić information content (AvgIpc) is 2.63. The van der Waals surface area contributed by atoms with Crippen LogP contribution >= 0.6 is 0 Å². The fourth-order valence-corrected chi connectivity index (χ4v) is 3.54. The Hall–Kier alpha value is -1.13. The predicted molar refractivity (Wildman–Crippen MR) is 68.5 cm³/mol. The quantitative estimate of drug-likeness (QED) is 0.862. The van der Waals surface area contributed by atoms with E-state index in [-0.39, 0.29) is 0 Å². The molecule has 4 nitrogen and oxygen atoms in total. The van der Waals surface area contributed by atoms with Crippen LogP contribution in [0.4, 0.5) is 0 Å². The van der Waals surface area contributed by atoms with Gasteiger partial charge in [0.1, 0.15) is 17.0 Å². The van der Waals surface area contributed by atoms with Gasteiger partial charge in [-0.25, -0.2) is 0 Å². The molecule has 2 aliphatic heterocycles. The minimum atomic E-state index is -0.828. The fourth-order valence-electron chi connectivity index (χ4n) is 3.54. The molecule has 1 aromatic rings. The van der Waals surface area contributed by atoms with Crippen molar-refractivity contribution in [3.63, 3.8) is 0 Å². The smallest absolute Gasteiger partial charge is 0.143 e. The molecule has 2 atom stereocenters. The number of hydrogen-bond acceptors (Lipinski definition) is 4. The third kappa shape index (κ3) is 1.71. The summed E-state index contributed by atoms with van der Waals surface area (Å²) in [5.74, 6) is 0.698. The van der Waals surface area contributed by atoms with Gasteiger partial charge >= 0.3 is 0 Å². The zero-order valence-electron chi connectivity index (χ0n) is 11.0. The molecule has 98 valence electrons. The van der Waals surface area contributed by atoms with Crippen LogP contribution in [0.1, 0.15) is 31.4 Å². The van der Waals surface area contributed by atoms with Crippen molar-refractivity contribution >= 4 is 0 Å². The summed E-state index contributed by atoms with van der Waals surface area (Å²) in [6, 6.07) is 4.66. The molecule has 2 aliphatic rings. The Kier molecular flexibility index (Phi) is 2.79. The Balaban J connectivity index is 1.96. The number of methoxy groups -OCH3 is 1. The van der Waals surface area contributed by atoms with Crippen molar-refractivity contribution in [3.8, 4) is 5.75 Å². The van der Waals surface area contributed by atoms with Gasteiger partial charge in [-0.3, -0.25) is 4.98 Å². The Morgan fingerprint density at radius 2 is 2.06 bits per heavy atom. The first-order valence-corrected chi connectivity index (χ1v) is 6.58. The highest BCUT2D eigenvalue weighted by atomic mass is 16.5. The number of piperidine rings is 1. The second-order valence-corrected chi connectivity index (χ2v) is 5.54. The molecule has 3 rings (SSSR count). The summed E-state index contributed by atoms with van der Waals surface area (Å²) >= 11 is 0. The van der Waals surface area contributed by atoms with Crippen molar-refractivity contribution in [2.24, 2.45) is 0 Å². The van der Waals surface area contributed by atoms with Gasteiger partial charge in [-0.05, 0) is 44.9 Å². The molecule has 18 heavy (non-hydrogen) atoms. The van der Waals surface area contributed by atoms with Crippen LogP contribution in [0.15, 0.2) is 18.3 Å². The molecule has 2 unspecified atom stereocenters. The molecule has 0 radical (unpaired) electrons. The van der Waals surface area contributed by atoms with Gasteiger partial charge in [-0.15, -0.1) is 0 Å². The van der Waals surface area contributed by atoms with E-state index in [4.69, 9.17) is 4.74 Å². The van der Waals surface area contributed by atoms with Crippen molar-refractivity contribution in [1.29, 1.82) is 0 Å². The van der Waals surface area contributed by atoms with Crippen LogP contribution in [-0.2, 0) is 5.60 Å². The molecule has 0 amide bonds. The Bertz CT molecular complexity index is 435. The Labute approximate surface area is 108 Å². The molecule has 0 aromatic carbocycles. The lowest BCUT2D eigenvalue weighted by atomic mass is 9.83. The second-order valence-electron chi connectivity index (χ2n) is 5.54. The molecule has 1 aromatic heterocycles. The molecule has 1 N–H and O–H groups in total. The first-order chi connectivity index (χ1) is 8.64. The minimum Gasteiger partial charge on any atom is -0.495 e. The average molecular weight is 248 g/mol. The normalized spacial score (nSPS) is 35.7. The maximum Gasteiger partial charge on any atom is 0.143 e. The highest BCUT2D eigenvalue weighted by Gasteiger charge is 2.48. The van der Waals surface area contributed by atoms with E-state index in [9.17, 15) is 5.11 Å². The number of hydrogen-bond donors (Lipinski definition) is 1. The number of aromatic nitrogens is 1. The lowest BCUT2D eigenvalue weighted by Crippen LogP contribution is -2.48. The highest BCUT2D eigenvalue weighted by Crippen LogP contribution is 2.46. The lowest BCUT2D eigenvalue weighted by molar-refractivity contribution is -0.0537. The van der Waals surface area contributed by atoms with Gasteiger partial charge < -0.3 is 14.7 Å². The van der Waals surface area contributed by atoms with Crippen LogP contribution in [0.25, 0.3) is 0 Å². The Morgan fingerprint density at radius 1 is 1.39 bits per heavy atom. The van der Waals surface area contributed by atoms with Crippen molar-refractivity contribution < 1.29 is 9.84 Å². The molecule has 2 saturated heterocycles. The standard InChI is InChI=1S/C14H20N2O2/c1-16-10-5-6-11(16)9-14(17,8-10)13-12(18-2)4-3-7-15-13/h3-4,7,10-11,17H,5-6,8-9H2,1-2H3. The summed E-state index contributed by atoms with van der Waals surface area (Å²) in [6.07, 6.45) is 5.61. The van der Waals surface area contributed by atoms with Gasteiger partial charge in [0.2, 0.25) is 0 Å². The molecule has 0 saturated carbocycles. The van der Waals surface area contributed by atoms with Gasteiger partial charge in [0.25, 0.3) is 0 Å². The van der Waals surface area contributed by atoms with Gasteiger partial charge in [0.15, 0.2) is 0 Å². The number of nitrogens with zero attached hydrogens (tertiary/aromatic N) is 2. The van der Waals surface area contributed by atoms with Crippen molar-refractivity contribution in [3.05, 3.63) is 24.0 Å². The Morgan fingerprint density at radius 3 is 2.67 bits per heavy atom. The van der Waals surface area contributed by atoms with E-state index in [1.807, 2.05) is 12.1 Å². The van der Waals surface area contributed by atoms with Gasteiger partial charge in [0.05, 0.1) is 7.11 Å². The molecule has 2 bridgehead atoms. The summed E-state index contributed by atoms with van der Waals surface area (Å²) < 4.78 is 5.35. The van der Waals surface area contributed by atoms with Gasteiger partial charge in [0, 0.05) is 18.3 Å². The van der Waals surface area contributed by atoms with Crippen LogP contribution in [0.5, 0.6) is 5.75 Å². The third-order valence-corrected chi connectivity index (χ3v) is 4.56. The number of rotatable bonds is 2. The summed E-state index contributed by atoms with van der Waals surface area (Å²) in [6.45, 7) is 0. The van der Waals surface area contributed by atoms with Crippen LogP contribution in [-0.4, -0.2) is 41.2 Å². The van der Waals surface area contributed by atoms with Gasteiger partial charge in [-0.2, -0.15) is 0 Å². The largest absolute Gasteiger partial charge is 0.495 e.